The predicted molar refractivity (Wildman–Crippen MR) is 76.7 cm³/mol. The Hall–Kier alpha value is -2.83. The zero-order valence-electron chi connectivity index (χ0n) is 11.2. The number of hydrogen-bond donors (Lipinski definition) is 2. The van der Waals surface area contributed by atoms with E-state index in [9.17, 15) is 13.2 Å². The molecule has 0 fully saturated rings. The van der Waals surface area contributed by atoms with Crippen molar-refractivity contribution in [3.05, 3.63) is 54.1 Å². The average molecular weight is 304 g/mol. The molecule has 0 aliphatic carbocycles. The van der Waals surface area contributed by atoms with Gasteiger partial charge in [0.25, 0.3) is 0 Å². The van der Waals surface area contributed by atoms with Crippen LogP contribution in [0, 0.1) is 0 Å². The summed E-state index contributed by atoms with van der Waals surface area (Å²) in [6, 6.07) is 12.0. The summed E-state index contributed by atoms with van der Waals surface area (Å²) >= 11 is 0. The molecular weight excluding hydrogens is 293 g/mol. The Kier molecular flexibility index (Phi) is 3.32. The number of rotatable bonds is 2. The topological polar surface area (TPSA) is 67.6 Å². The number of alkyl halides is 3. The summed E-state index contributed by atoms with van der Waals surface area (Å²) < 4.78 is 39.1. The van der Waals surface area contributed by atoms with Gasteiger partial charge >= 0.3 is 6.18 Å². The quantitative estimate of drug-likeness (QED) is 0.709. The minimum absolute atomic E-state index is 0.0438. The summed E-state index contributed by atoms with van der Waals surface area (Å²) in [6.45, 7) is 0. The van der Waals surface area contributed by atoms with Crippen molar-refractivity contribution < 1.29 is 13.2 Å². The standard InChI is InChI=1S/C15H11F3N4/c16-15(17,18)12-7-2-1-6-11(12)14-20-13(21-22-14)9-4-3-5-10(19)8-9/h1-8H,19H2,(H,20,21,22). The van der Waals surface area contributed by atoms with Gasteiger partial charge in [0.05, 0.1) is 5.56 Å². The number of anilines is 1. The molecule has 0 bridgehead atoms. The molecule has 3 rings (SSSR count). The molecule has 4 nitrogen and oxygen atoms in total. The molecule has 112 valence electrons. The fraction of sp³-hybridized carbons (Fsp3) is 0.0667. The normalized spacial score (nSPS) is 11.6. The fourth-order valence-electron chi connectivity index (χ4n) is 2.13. The number of hydrogen-bond acceptors (Lipinski definition) is 3. The lowest BCUT2D eigenvalue weighted by molar-refractivity contribution is -0.137. The maximum absolute atomic E-state index is 13.0. The van der Waals surface area contributed by atoms with Crippen molar-refractivity contribution in [1.82, 2.24) is 15.2 Å². The highest BCUT2D eigenvalue weighted by atomic mass is 19.4. The van der Waals surface area contributed by atoms with E-state index in [1.165, 1.54) is 18.2 Å². The first kappa shape index (κ1) is 14.1. The van der Waals surface area contributed by atoms with Gasteiger partial charge in [0.2, 0.25) is 0 Å². The van der Waals surface area contributed by atoms with E-state index in [2.05, 4.69) is 15.2 Å². The van der Waals surface area contributed by atoms with Gasteiger partial charge < -0.3 is 5.73 Å². The molecule has 1 aromatic heterocycles. The molecule has 3 aromatic rings. The van der Waals surface area contributed by atoms with Crippen LogP contribution in [0.15, 0.2) is 48.5 Å². The lowest BCUT2D eigenvalue weighted by atomic mass is 10.1. The first-order valence-corrected chi connectivity index (χ1v) is 6.40. The zero-order valence-corrected chi connectivity index (χ0v) is 11.2. The van der Waals surface area contributed by atoms with Crippen molar-refractivity contribution in [2.24, 2.45) is 0 Å². The second kappa shape index (κ2) is 5.18. The molecule has 22 heavy (non-hydrogen) atoms. The van der Waals surface area contributed by atoms with Crippen LogP contribution >= 0.6 is 0 Å². The number of nitrogens with zero attached hydrogens (tertiary/aromatic N) is 2. The van der Waals surface area contributed by atoms with Gasteiger partial charge in [0.1, 0.15) is 0 Å². The van der Waals surface area contributed by atoms with E-state index in [1.54, 1.807) is 24.3 Å². The first-order chi connectivity index (χ1) is 10.4. The Morgan fingerprint density at radius 1 is 1.00 bits per heavy atom. The minimum atomic E-state index is -4.46. The van der Waals surface area contributed by atoms with E-state index in [-0.39, 0.29) is 11.4 Å². The molecule has 0 amide bonds. The van der Waals surface area contributed by atoms with Crippen molar-refractivity contribution >= 4 is 5.69 Å². The van der Waals surface area contributed by atoms with Crippen molar-refractivity contribution in [1.29, 1.82) is 0 Å². The van der Waals surface area contributed by atoms with E-state index in [1.807, 2.05) is 0 Å². The summed E-state index contributed by atoms with van der Waals surface area (Å²) in [4.78, 5) is 4.14. The van der Waals surface area contributed by atoms with Crippen LogP contribution in [0.5, 0.6) is 0 Å². The van der Waals surface area contributed by atoms with E-state index >= 15 is 0 Å². The van der Waals surface area contributed by atoms with Crippen molar-refractivity contribution in [3.8, 4) is 22.8 Å². The van der Waals surface area contributed by atoms with Crippen LogP contribution in [0.3, 0.4) is 0 Å². The Morgan fingerprint density at radius 2 is 1.77 bits per heavy atom. The monoisotopic (exact) mass is 304 g/mol. The number of aromatic nitrogens is 3. The van der Waals surface area contributed by atoms with Gasteiger partial charge in [-0.1, -0.05) is 30.3 Å². The molecule has 0 atom stereocenters. The molecule has 0 aliphatic heterocycles. The van der Waals surface area contributed by atoms with Crippen LogP contribution in [0.25, 0.3) is 22.8 Å². The molecule has 0 aliphatic rings. The summed E-state index contributed by atoms with van der Waals surface area (Å²) in [6.07, 6.45) is -4.46. The molecule has 7 heteroatoms. The number of halogens is 3. The van der Waals surface area contributed by atoms with Gasteiger partial charge in [0.15, 0.2) is 11.6 Å². The third-order valence-corrected chi connectivity index (χ3v) is 3.12. The van der Waals surface area contributed by atoms with Crippen molar-refractivity contribution in [2.75, 3.05) is 5.73 Å². The molecule has 0 saturated heterocycles. The number of aromatic amines is 1. The molecule has 0 spiro atoms. The van der Waals surface area contributed by atoms with Gasteiger partial charge in [-0.15, -0.1) is 0 Å². The van der Waals surface area contributed by atoms with Crippen LogP contribution in [0.1, 0.15) is 5.56 Å². The lowest BCUT2D eigenvalue weighted by Crippen LogP contribution is -2.07. The minimum Gasteiger partial charge on any atom is -0.399 e. The summed E-state index contributed by atoms with van der Waals surface area (Å²) in [5, 5.41) is 6.52. The molecule has 3 N–H and O–H groups in total. The summed E-state index contributed by atoms with van der Waals surface area (Å²) in [7, 11) is 0. The van der Waals surface area contributed by atoms with Crippen molar-refractivity contribution in [3.63, 3.8) is 0 Å². The Labute approximate surface area is 123 Å². The number of nitrogens with two attached hydrogens (primary N) is 1. The maximum atomic E-state index is 13.0. The lowest BCUT2D eigenvalue weighted by Gasteiger charge is -2.10. The fourth-order valence-corrected chi connectivity index (χ4v) is 2.13. The largest absolute Gasteiger partial charge is 0.417 e. The van der Waals surface area contributed by atoms with Crippen LogP contribution in [-0.4, -0.2) is 15.2 Å². The number of nitrogen functional groups attached to an aromatic ring is 1. The molecular formula is C15H11F3N4. The Balaban J connectivity index is 2.06. The smallest absolute Gasteiger partial charge is 0.399 e. The van der Waals surface area contributed by atoms with E-state index in [0.717, 1.165) is 6.07 Å². The summed E-state index contributed by atoms with van der Waals surface area (Å²) in [5.41, 5.74) is 6.04. The van der Waals surface area contributed by atoms with Gasteiger partial charge in [-0.05, 0) is 18.2 Å². The van der Waals surface area contributed by atoms with E-state index < -0.39 is 11.7 Å². The second-order valence-electron chi connectivity index (χ2n) is 4.68. The van der Waals surface area contributed by atoms with Crippen LogP contribution in [-0.2, 0) is 6.18 Å². The number of benzene rings is 2. The van der Waals surface area contributed by atoms with Gasteiger partial charge in [-0.25, -0.2) is 4.98 Å². The highest BCUT2D eigenvalue weighted by Crippen LogP contribution is 2.36. The third-order valence-electron chi connectivity index (χ3n) is 3.12. The number of nitrogens with one attached hydrogen (secondary N) is 1. The SMILES string of the molecule is Nc1cccc(-c2n[nH]c(-c3ccccc3C(F)(F)F)n2)c1. The van der Waals surface area contributed by atoms with Crippen LogP contribution in [0.4, 0.5) is 18.9 Å². The first-order valence-electron chi connectivity index (χ1n) is 6.40. The maximum Gasteiger partial charge on any atom is 0.417 e. The van der Waals surface area contributed by atoms with Gasteiger partial charge in [0, 0.05) is 16.8 Å². The Bertz CT molecular complexity index is 808. The zero-order chi connectivity index (χ0) is 15.7. The van der Waals surface area contributed by atoms with Gasteiger partial charge in [-0.3, -0.25) is 5.10 Å². The van der Waals surface area contributed by atoms with Crippen molar-refractivity contribution in [2.45, 2.75) is 6.18 Å². The summed E-state index contributed by atoms with van der Waals surface area (Å²) in [5.74, 6) is 0.352. The molecule has 1 heterocycles. The van der Waals surface area contributed by atoms with Crippen LogP contribution < -0.4 is 5.73 Å². The highest BCUT2D eigenvalue weighted by Gasteiger charge is 2.34. The number of H-pyrrole nitrogens is 1. The molecule has 2 aromatic carbocycles. The third kappa shape index (κ3) is 2.65. The average Bonchev–Trinajstić information content (AvgIpc) is 2.96. The van der Waals surface area contributed by atoms with Crippen LogP contribution in [0.2, 0.25) is 0 Å². The highest BCUT2D eigenvalue weighted by molar-refractivity contribution is 5.66. The second-order valence-corrected chi connectivity index (χ2v) is 4.68. The van der Waals surface area contributed by atoms with Gasteiger partial charge in [-0.2, -0.15) is 18.3 Å². The molecule has 0 radical (unpaired) electrons. The van der Waals surface area contributed by atoms with E-state index in [0.29, 0.717) is 17.1 Å². The molecule has 0 unspecified atom stereocenters. The van der Waals surface area contributed by atoms with E-state index in [4.69, 9.17) is 5.73 Å². The predicted octanol–water partition coefficient (Wildman–Crippen LogP) is 3.74. The Morgan fingerprint density at radius 3 is 2.50 bits per heavy atom. The molecule has 0 saturated carbocycles.